The molecule has 0 saturated carbocycles. The second kappa shape index (κ2) is 7.10. The molecule has 1 aromatic rings. The Morgan fingerprint density at radius 2 is 2.10 bits per heavy atom. The summed E-state index contributed by atoms with van der Waals surface area (Å²) in [7, 11) is 0. The number of nitrogens with one attached hydrogen (secondary N) is 1. The number of carbonyl (C=O) groups is 2. The van der Waals surface area contributed by atoms with Gasteiger partial charge in [0.05, 0.1) is 0 Å². The van der Waals surface area contributed by atoms with E-state index < -0.39 is 11.5 Å². The molecule has 0 atom stereocenters. The molecule has 0 aliphatic carbocycles. The largest absolute Gasteiger partial charge is 0.481 e. The van der Waals surface area contributed by atoms with Gasteiger partial charge in [-0.15, -0.1) is 0 Å². The summed E-state index contributed by atoms with van der Waals surface area (Å²) >= 11 is 5.85. The van der Waals surface area contributed by atoms with Crippen LogP contribution in [0.3, 0.4) is 0 Å². The predicted octanol–water partition coefficient (Wildman–Crippen LogP) is 3.11. The number of carboxylic acids is 1. The maximum Gasteiger partial charge on any atom is 0.303 e. The number of rotatable bonds is 6. The van der Waals surface area contributed by atoms with Crippen molar-refractivity contribution in [2.24, 2.45) is 0 Å². The molecule has 1 rings (SSSR count). The van der Waals surface area contributed by atoms with Gasteiger partial charge in [0.2, 0.25) is 5.91 Å². The molecule has 0 spiro atoms. The van der Waals surface area contributed by atoms with E-state index in [-0.39, 0.29) is 12.3 Å². The Labute approximate surface area is 123 Å². The number of carboxylic acid groups (broad SMARTS) is 1. The third-order valence-electron chi connectivity index (χ3n) is 2.70. The number of halogens is 1. The quantitative estimate of drug-likeness (QED) is 0.793. The normalized spacial score (nSPS) is 11.6. The van der Waals surface area contributed by atoms with Crippen LogP contribution in [0.4, 0.5) is 0 Å². The Bertz CT molecular complexity index is 524. The summed E-state index contributed by atoms with van der Waals surface area (Å²) in [6, 6.07) is 7.15. The van der Waals surface area contributed by atoms with Crippen LogP contribution in [-0.2, 0) is 9.59 Å². The Morgan fingerprint density at radius 1 is 1.40 bits per heavy atom. The van der Waals surface area contributed by atoms with Crippen LogP contribution < -0.4 is 5.32 Å². The molecule has 0 aliphatic rings. The zero-order valence-electron chi connectivity index (χ0n) is 11.5. The average Bonchev–Trinajstić information content (AvgIpc) is 2.34. The Balaban J connectivity index is 2.56. The van der Waals surface area contributed by atoms with Gasteiger partial charge in [0.15, 0.2) is 0 Å². The number of hydrogen-bond donors (Lipinski definition) is 2. The zero-order chi connectivity index (χ0) is 15.2. The van der Waals surface area contributed by atoms with Crippen molar-refractivity contribution in [1.29, 1.82) is 0 Å². The molecule has 0 saturated heterocycles. The van der Waals surface area contributed by atoms with Crippen molar-refractivity contribution in [2.45, 2.75) is 32.2 Å². The molecular formula is C15H18ClNO3. The van der Waals surface area contributed by atoms with Gasteiger partial charge < -0.3 is 10.4 Å². The maximum atomic E-state index is 11.8. The monoisotopic (exact) mass is 295 g/mol. The SMILES string of the molecule is CC(C)(CCC(=O)O)NC(=O)C=Cc1cccc(Cl)c1. The lowest BCUT2D eigenvalue weighted by atomic mass is 9.98. The molecule has 0 fully saturated rings. The van der Waals surface area contributed by atoms with Gasteiger partial charge in [0.25, 0.3) is 0 Å². The van der Waals surface area contributed by atoms with Gasteiger partial charge in [0, 0.05) is 23.1 Å². The van der Waals surface area contributed by atoms with Gasteiger partial charge >= 0.3 is 5.97 Å². The molecule has 2 N–H and O–H groups in total. The maximum absolute atomic E-state index is 11.8. The van der Waals surface area contributed by atoms with Crippen LogP contribution in [0.2, 0.25) is 5.02 Å². The Kier molecular flexibility index (Phi) is 5.77. The van der Waals surface area contributed by atoms with E-state index in [0.717, 1.165) is 5.56 Å². The van der Waals surface area contributed by atoms with E-state index in [0.29, 0.717) is 11.4 Å². The first-order valence-corrected chi connectivity index (χ1v) is 6.64. The lowest BCUT2D eigenvalue weighted by molar-refractivity contribution is -0.137. The van der Waals surface area contributed by atoms with Gasteiger partial charge in [-0.1, -0.05) is 23.7 Å². The number of amides is 1. The molecule has 0 heterocycles. The number of aliphatic carboxylic acids is 1. The second-order valence-electron chi connectivity index (χ2n) is 5.16. The van der Waals surface area contributed by atoms with E-state index in [1.54, 1.807) is 38.1 Å². The van der Waals surface area contributed by atoms with E-state index >= 15 is 0 Å². The molecule has 4 nitrogen and oxygen atoms in total. The molecule has 1 amide bonds. The molecule has 0 aromatic heterocycles. The highest BCUT2D eigenvalue weighted by Gasteiger charge is 2.20. The van der Waals surface area contributed by atoms with Crippen LogP contribution in [0, 0.1) is 0 Å². The summed E-state index contributed by atoms with van der Waals surface area (Å²) in [6.45, 7) is 3.59. The third-order valence-corrected chi connectivity index (χ3v) is 2.94. The van der Waals surface area contributed by atoms with E-state index in [2.05, 4.69) is 5.32 Å². The van der Waals surface area contributed by atoms with E-state index in [9.17, 15) is 9.59 Å². The van der Waals surface area contributed by atoms with Crippen LogP contribution in [0.25, 0.3) is 6.08 Å². The van der Waals surface area contributed by atoms with Gasteiger partial charge in [-0.3, -0.25) is 9.59 Å². The first kappa shape index (κ1) is 16.2. The summed E-state index contributed by atoms with van der Waals surface area (Å²) in [5.74, 6) is -1.14. The van der Waals surface area contributed by atoms with Gasteiger partial charge in [-0.2, -0.15) is 0 Å². The lowest BCUT2D eigenvalue weighted by Crippen LogP contribution is -2.42. The summed E-state index contributed by atoms with van der Waals surface area (Å²) in [5.41, 5.74) is 0.268. The second-order valence-corrected chi connectivity index (χ2v) is 5.59. The highest BCUT2D eigenvalue weighted by Crippen LogP contribution is 2.13. The van der Waals surface area contributed by atoms with Crippen molar-refractivity contribution in [3.8, 4) is 0 Å². The van der Waals surface area contributed by atoms with Crippen LogP contribution in [0.15, 0.2) is 30.3 Å². The first-order chi connectivity index (χ1) is 9.28. The molecule has 0 unspecified atom stereocenters. The Morgan fingerprint density at radius 3 is 2.70 bits per heavy atom. The van der Waals surface area contributed by atoms with E-state index in [1.807, 2.05) is 6.07 Å². The molecule has 20 heavy (non-hydrogen) atoms. The first-order valence-electron chi connectivity index (χ1n) is 6.26. The smallest absolute Gasteiger partial charge is 0.303 e. The summed E-state index contributed by atoms with van der Waals surface area (Å²) < 4.78 is 0. The highest BCUT2D eigenvalue weighted by molar-refractivity contribution is 6.30. The van der Waals surface area contributed by atoms with Gasteiger partial charge in [-0.05, 0) is 44.0 Å². The summed E-state index contributed by atoms with van der Waals surface area (Å²) in [5, 5.41) is 12.0. The molecule has 0 aliphatic heterocycles. The van der Waals surface area contributed by atoms with Crippen LogP contribution in [-0.4, -0.2) is 22.5 Å². The number of hydrogen-bond acceptors (Lipinski definition) is 2. The minimum Gasteiger partial charge on any atom is -0.481 e. The van der Waals surface area contributed by atoms with Gasteiger partial charge in [0.1, 0.15) is 0 Å². The third kappa shape index (κ3) is 6.38. The lowest BCUT2D eigenvalue weighted by Gasteiger charge is -2.24. The molecular weight excluding hydrogens is 278 g/mol. The van der Waals surface area contributed by atoms with Crippen LogP contribution in [0.1, 0.15) is 32.3 Å². The van der Waals surface area contributed by atoms with Crippen molar-refractivity contribution in [3.05, 3.63) is 40.9 Å². The van der Waals surface area contributed by atoms with Crippen LogP contribution in [0.5, 0.6) is 0 Å². The van der Waals surface area contributed by atoms with E-state index in [1.165, 1.54) is 6.08 Å². The number of carbonyl (C=O) groups excluding carboxylic acids is 1. The van der Waals surface area contributed by atoms with Crippen molar-refractivity contribution in [3.63, 3.8) is 0 Å². The molecule has 0 radical (unpaired) electrons. The number of benzene rings is 1. The van der Waals surface area contributed by atoms with Crippen molar-refractivity contribution >= 4 is 29.6 Å². The van der Waals surface area contributed by atoms with E-state index in [4.69, 9.17) is 16.7 Å². The zero-order valence-corrected chi connectivity index (χ0v) is 12.3. The molecule has 1 aromatic carbocycles. The minimum absolute atomic E-state index is 0.0191. The topological polar surface area (TPSA) is 66.4 Å². The average molecular weight is 296 g/mol. The fourth-order valence-corrected chi connectivity index (χ4v) is 1.84. The highest BCUT2D eigenvalue weighted by atomic mass is 35.5. The van der Waals surface area contributed by atoms with Crippen LogP contribution >= 0.6 is 11.6 Å². The Hall–Kier alpha value is -1.81. The van der Waals surface area contributed by atoms with Crippen molar-refractivity contribution in [2.75, 3.05) is 0 Å². The molecule has 108 valence electrons. The molecule has 0 bridgehead atoms. The molecule has 5 heteroatoms. The predicted molar refractivity (Wildman–Crippen MR) is 79.6 cm³/mol. The fraction of sp³-hybridized carbons (Fsp3) is 0.333. The van der Waals surface area contributed by atoms with Gasteiger partial charge in [-0.25, -0.2) is 0 Å². The van der Waals surface area contributed by atoms with Crippen molar-refractivity contribution < 1.29 is 14.7 Å². The summed E-state index contributed by atoms with van der Waals surface area (Å²) in [4.78, 5) is 22.3. The standard InChI is InChI=1S/C15H18ClNO3/c1-15(2,9-8-14(19)20)17-13(18)7-6-11-4-3-5-12(16)10-11/h3-7,10H,8-9H2,1-2H3,(H,17,18)(H,19,20). The fourth-order valence-electron chi connectivity index (χ4n) is 1.64. The van der Waals surface area contributed by atoms with Crippen molar-refractivity contribution in [1.82, 2.24) is 5.32 Å². The summed E-state index contributed by atoms with van der Waals surface area (Å²) in [6.07, 6.45) is 3.47. The minimum atomic E-state index is -0.873.